The number of ether oxygens (including phenoxy) is 4. The van der Waals surface area contributed by atoms with E-state index < -0.39 is 24.1 Å². The predicted molar refractivity (Wildman–Crippen MR) is 135 cm³/mol. The number of aliphatic hydroxyl groups is 2. The topological polar surface area (TPSA) is 112 Å². The van der Waals surface area contributed by atoms with E-state index in [1.807, 2.05) is 48.5 Å². The van der Waals surface area contributed by atoms with Gasteiger partial charge < -0.3 is 29.2 Å². The fourth-order valence-corrected chi connectivity index (χ4v) is 3.37. The molecule has 0 saturated heterocycles. The number of carbonyl (C=O) groups is 2. The molecule has 0 saturated carbocycles. The molecule has 194 valence electrons. The fourth-order valence-electron chi connectivity index (χ4n) is 3.37. The molecule has 0 aliphatic carbocycles. The number of esters is 2. The molecule has 0 spiro atoms. The third-order valence-electron chi connectivity index (χ3n) is 5.74. The molecule has 0 aromatic heterocycles. The van der Waals surface area contributed by atoms with Gasteiger partial charge >= 0.3 is 11.9 Å². The second-order valence-electron chi connectivity index (χ2n) is 8.33. The second kappa shape index (κ2) is 14.1. The highest BCUT2D eigenvalue weighted by atomic mass is 16.6. The lowest BCUT2D eigenvalue weighted by Crippen LogP contribution is -2.25. The Kier molecular flexibility index (Phi) is 11.2. The zero-order valence-corrected chi connectivity index (χ0v) is 20.7. The summed E-state index contributed by atoms with van der Waals surface area (Å²) in [4.78, 5) is 22.1. The van der Waals surface area contributed by atoms with Gasteiger partial charge in [-0.3, -0.25) is 0 Å². The van der Waals surface area contributed by atoms with Crippen LogP contribution in [0, 0.1) is 0 Å². The van der Waals surface area contributed by atoms with Crippen LogP contribution in [0.25, 0.3) is 0 Å². The normalized spacial score (nSPS) is 14.0. The van der Waals surface area contributed by atoms with Crippen molar-refractivity contribution in [3.63, 3.8) is 0 Å². The Hall–Kier alpha value is -3.62. The Morgan fingerprint density at radius 2 is 1.14 bits per heavy atom. The first-order valence-corrected chi connectivity index (χ1v) is 11.6. The van der Waals surface area contributed by atoms with Gasteiger partial charge in [0, 0.05) is 17.6 Å². The maximum absolute atomic E-state index is 11.1. The van der Waals surface area contributed by atoms with E-state index in [0.29, 0.717) is 11.5 Å². The molecule has 0 fully saturated rings. The molecule has 0 aliphatic rings. The molecule has 2 rings (SSSR count). The molecular weight excluding hydrogens is 464 g/mol. The van der Waals surface area contributed by atoms with Crippen molar-refractivity contribution in [2.45, 2.75) is 37.9 Å². The van der Waals surface area contributed by atoms with Crippen LogP contribution in [0.5, 0.6) is 11.5 Å². The monoisotopic (exact) mass is 498 g/mol. The minimum atomic E-state index is -0.946. The van der Waals surface area contributed by atoms with Crippen molar-refractivity contribution in [3.05, 3.63) is 85.0 Å². The van der Waals surface area contributed by atoms with Gasteiger partial charge in [-0.05, 0) is 41.8 Å². The lowest BCUT2D eigenvalue weighted by Gasteiger charge is -2.30. The van der Waals surface area contributed by atoms with Crippen LogP contribution in [-0.2, 0) is 24.5 Å². The summed E-state index contributed by atoms with van der Waals surface area (Å²) in [6.07, 6.45) is 1.02. The maximum atomic E-state index is 11.1. The average molecular weight is 499 g/mol. The van der Waals surface area contributed by atoms with Crippen LogP contribution in [-0.4, -0.2) is 60.8 Å². The fraction of sp³-hybridized carbons (Fsp3) is 0.357. The van der Waals surface area contributed by atoms with Crippen molar-refractivity contribution in [3.8, 4) is 11.5 Å². The van der Waals surface area contributed by atoms with Crippen molar-refractivity contribution in [2.75, 3.05) is 26.4 Å². The van der Waals surface area contributed by atoms with Crippen molar-refractivity contribution in [1.82, 2.24) is 0 Å². The Balaban J connectivity index is 1.95. The van der Waals surface area contributed by atoms with Crippen LogP contribution in [0.1, 0.15) is 31.4 Å². The number of hydrogen-bond acceptors (Lipinski definition) is 8. The summed E-state index contributed by atoms with van der Waals surface area (Å²) in [5, 5.41) is 19.8. The number of hydrogen-bond donors (Lipinski definition) is 2. The number of rotatable bonds is 15. The largest absolute Gasteiger partial charge is 0.491 e. The Labute approximate surface area is 211 Å². The maximum Gasteiger partial charge on any atom is 0.330 e. The highest BCUT2D eigenvalue weighted by Gasteiger charge is 2.27. The van der Waals surface area contributed by atoms with Gasteiger partial charge in [0.1, 0.15) is 50.1 Å². The van der Waals surface area contributed by atoms with Crippen molar-refractivity contribution in [2.24, 2.45) is 0 Å². The molecule has 0 aliphatic heterocycles. The summed E-state index contributed by atoms with van der Waals surface area (Å²) in [5.41, 5.74) is 1.91. The highest BCUT2D eigenvalue weighted by molar-refractivity contribution is 5.81. The van der Waals surface area contributed by atoms with E-state index in [-0.39, 0.29) is 31.8 Å². The minimum absolute atomic E-state index is 0.0122. The quantitative estimate of drug-likeness (QED) is 0.284. The SMILES string of the molecule is C=CC(=O)OCC(O)COc1ccc(C(C)(CC)c2ccc(OCC(O)COC(=O)C=C)cc2)cc1. The summed E-state index contributed by atoms with van der Waals surface area (Å²) in [6, 6.07) is 15.3. The zero-order valence-electron chi connectivity index (χ0n) is 20.7. The van der Waals surface area contributed by atoms with Crippen LogP contribution < -0.4 is 9.47 Å². The smallest absolute Gasteiger partial charge is 0.330 e. The van der Waals surface area contributed by atoms with E-state index in [0.717, 1.165) is 29.7 Å². The Morgan fingerprint density at radius 3 is 1.44 bits per heavy atom. The molecule has 0 heterocycles. The summed E-state index contributed by atoms with van der Waals surface area (Å²) in [6.45, 7) is 10.5. The molecule has 0 bridgehead atoms. The predicted octanol–water partition coefficient (Wildman–Crippen LogP) is 3.34. The lowest BCUT2D eigenvalue weighted by atomic mass is 9.74. The van der Waals surface area contributed by atoms with E-state index in [9.17, 15) is 19.8 Å². The molecule has 0 radical (unpaired) electrons. The molecule has 0 amide bonds. The van der Waals surface area contributed by atoms with Gasteiger partial charge in [0.15, 0.2) is 0 Å². The minimum Gasteiger partial charge on any atom is -0.491 e. The van der Waals surface area contributed by atoms with Gasteiger partial charge in [0.25, 0.3) is 0 Å². The number of carbonyl (C=O) groups excluding carboxylic acids is 2. The first-order valence-electron chi connectivity index (χ1n) is 11.6. The summed E-state index contributed by atoms with van der Waals surface area (Å²) < 4.78 is 20.8. The summed E-state index contributed by atoms with van der Waals surface area (Å²) in [7, 11) is 0. The molecule has 2 atom stereocenters. The number of aliphatic hydroxyl groups excluding tert-OH is 2. The molecule has 36 heavy (non-hydrogen) atoms. The number of benzene rings is 2. The van der Waals surface area contributed by atoms with Gasteiger partial charge in [-0.1, -0.05) is 51.3 Å². The lowest BCUT2D eigenvalue weighted by molar-refractivity contribution is -0.142. The van der Waals surface area contributed by atoms with E-state index in [1.54, 1.807) is 0 Å². The van der Waals surface area contributed by atoms with Gasteiger partial charge in [0.2, 0.25) is 0 Å². The Morgan fingerprint density at radius 1 is 0.778 bits per heavy atom. The standard InChI is InChI=1S/C28H34O8/c1-5-26(31)35-18-22(29)16-33-24-12-8-20(9-13-24)28(4,7-3)21-10-14-25(15-11-21)34-17-23(30)19-36-27(32)6-2/h5-6,8-15,22-23,29-30H,1-2,7,16-19H2,3-4H3. The van der Waals surface area contributed by atoms with Crippen molar-refractivity contribution in [1.29, 1.82) is 0 Å². The van der Waals surface area contributed by atoms with E-state index in [4.69, 9.17) is 18.9 Å². The van der Waals surface area contributed by atoms with Gasteiger partial charge in [-0.25, -0.2) is 9.59 Å². The molecule has 8 nitrogen and oxygen atoms in total. The van der Waals surface area contributed by atoms with Crippen molar-refractivity contribution >= 4 is 11.9 Å². The third kappa shape index (κ3) is 8.55. The summed E-state index contributed by atoms with van der Waals surface area (Å²) in [5.74, 6) is -0.0123. The third-order valence-corrected chi connectivity index (χ3v) is 5.74. The zero-order chi connectivity index (χ0) is 26.6. The van der Waals surface area contributed by atoms with Crippen LogP contribution in [0.3, 0.4) is 0 Å². The van der Waals surface area contributed by atoms with Gasteiger partial charge in [0.05, 0.1) is 0 Å². The molecular formula is C28H34O8. The molecule has 2 N–H and O–H groups in total. The molecule has 2 unspecified atom stereocenters. The first-order chi connectivity index (χ1) is 17.2. The van der Waals surface area contributed by atoms with E-state index >= 15 is 0 Å². The van der Waals surface area contributed by atoms with Gasteiger partial charge in [-0.2, -0.15) is 0 Å². The van der Waals surface area contributed by atoms with Crippen LogP contribution >= 0.6 is 0 Å². The van der Waals surface area contributed by atoms with Crippen LogP contribution in [0.4, 0.5) is 0 Å². The summed E-state index contributed by atoms with van der Waals surface area (Å²) >= 11 is 0. The highest BCUT2D eigenvalue weighted by Crippen LogP contribution is 2.36. The molecule has 8 heteroatoms. The van der Waals surface area contributed by atoms with Crippen LogP contribution in [0.2, 0.25) is 0 Å². The van der Waals surface area contributed by atoms with Gasteiger partial charge in [-0.15, -0.1) is 0 Å². The molecule has 2 aromatic rings. The van der Waals surface area contributed by atoms with Crippen molar-refractivity contribution < 1.29 is 38.7 Å². The average Bonchev–Trinajstić information content (AvgIpc) is 2.92. The Bertz CT molecular complexity index is 920. The second-order valence-corrected chi connectivity index (χ2v) is 8.33. The van der Waals surface area contributed by atoms with E-state index in [2.05, 4.69) is 27.0 Å². The molecule has 2 aromatic carbocycles. The van der Waals surface area contributed by atoms with Crippen LogP contribution in [0.15, 0.2) is 73.8 Å². The van der Waals surface area contributed by atoms with E-state index in [1.165, 1.54) is 0 Å². The first kappa shape index (κ1) is 28.6.